The lowest BCUT2D eigenvalue weighted by atomic mass is 10.1. The van der Waals surface area contributed by atoms with E-state index in [2.05, 4.69) is 15.9 Å². The summed E-state index contributed by atoms with van der Waals surface area (Å²) in [5.41, 5.74) is 2.00. The number of rotatable bonds is 5. The number of anilines is 1. The third kappa shape index (κ3) is 4.19. The Kier molecular flexibility index (Phi) is 5.84. The molecule has 0 aromatic heterocycles. The van der Waals surface area contributed by atoms with Crippen molar-refractivity contribution in [1.82, 2.24) is 0 Å². The lowest BCUT2D eigenvalue weighted by molar-refractivity contribution is -0.149. The molecule has 0 aliphatic carbocycles. The van der Waals surface area contributed by atoms with Gasteiger partial charge in [-0.3, -0.25) is 4.79 Å². The van der Waals surface area contributed by atoms with Gasteiger partial charge in [0.25, 0.3) is 5.91 Å². The zero-order chi connectivity index (χ0) is 18.7. The Morgan fingerprint density at radius 1 is 1.23 bits per heavy atom. The van der Waals surface area contributed by atoms with Gasteiger partial charge in [0.2, 0.25) is 0 Å². The van der Waals surface area contributed by atoms with Crippen LogP contribution >= 0.6 is 27.5 Å². The Bertz CT molecular complexity index is 842. The van der Waals surface area contributed by atoms with Crippen LogP contribution in [0.25, 0.3) is 0 Å². The van der Waals surface area contributed by atoms with Crippen molar-refractivity contribution in [2.45, 2.75) is 19.4 Å². The summed E-state index contributed by atoms with van der Waals surface area (Å²) < 4.78 is 11.1. The quantitative estimate of drug-likeness (QED) is 0.662. The van der Waals surface area contributed by atoms with Gasteiger partial charge >= 0.3 is 5.97 Å². The number of benzene rings is 2. The molecule has 2 aromatic carbocycles. The van der Waals surface area contributed by atoms with Gasteiger partial charge in [-0.1, -0.05) is 29.8 Å². The van der Waals surface area contributed by atoms with Gasteiger partial charge in [-0.15, -0.1) is 0 Å². The molecule has 5 nitrogen and oxygen atoms in total. The molecule has 26 heavy (non-hydrogen) atoms. The number of carbonyl (C=O) groups is 2. The first-order valence-corrected chi connectivity index (χ1v) is 9.26. The Morgan fingerprint density at radius 2 is 2.00 bits per heavy atom. The molecule has 0 radical (unpaired) electrons. The monoisotopic (exact) mass is 437 g/mol. The van der Waals surface area contributed by atoms with Gasteiger partial charge in [0.1, 0.15) is 5.75 Å². The number of nitrogens with zero attached hydrogens (tertiary/aromatic N) is 1. The third-order valence-electron chi connectivity index (χ3n) is 4.07. The molecule has 1 aliphatic rings. The molecule has 1 amide bonds. The second kappa shape index (κ2) is 8.10. The summed E-state index contributed by atoms with van der Waals surface area (Å²) >= 11 is 9.16. The van der Waals surface area contributed by atoms with Crippen molar-refractivity contribution in [3.8, 4) is 5.75 Å². The predicted molar refractivity (Wildman–Crippen MR) is 103 cm³/mol. The van der Waals surface area contributed by atoms with E-state index in [1.807, 2.05) is 31.2 Å². The summed E-state index contributed by atoms with van der Waals surface area (Å²) in [6.07, 6.45) is 0.795. The number of amides is 1. The molecule has 7 heteroatoms. The van der Waals surface area contributed by atoms with E-state index < -0.39 is 5.97 Å². The van der Waals surface area contributed by atoms with E-state index in [0.717, 1.165) is 17.7 Å². The van der Waals surface area contributed by atoms with Crippen LogP contribution in [0, 0.1) is 0 Å². The minimum atomic E-state index is -0.611. The number of esters is 1. The van der Waals surface area contributed by atoms with E-state index in [1.165, 1.54) is 0 Å². The zero-order valence-electron chi connectivity index (χ0n) is 14.1. The van der Waals surface area contributed by atoms with Crippen molar-refractivity contribution in [2.24, 2.45) is 0 Å². The largest absolute Gasteiger partial charge is 0.481 e. The molecule has 2 aromatic rings. The van der Waals surface area contributed by atoms with Crippen molar-refractivity contribution in [2.75, 3.05) is 18.1 Å². The van der Waals surface area contributed by atoms with Gasteiger partial charge in [-0.2, -0.15) is 0 Å². The van der Waals surface area contributed by atoms with E-state index in [4.69, 9.17) is 21.1 Å². The first-order valence-electron chi connectivity index (χ1n) is 8.09. The van der Waals surface area contributed by atoms with E-state index in [0.29, 0.717) is 15.2 Å². The molecule has 0 spiro atoms. The molecular formula is C19H17BrClNO4. The summed E-state index contributed by atoms with van der Waals surface area (Å²) in [5, 5.41) is 0.553. The van der Waals surface area contributed by atoms with Crippen LogP contribution in [-0.2, 0) is 20.7 Å². The van der Waals surface area contributed by atoms with Gasteiger partial charge in [-0.25, -0.2) is 4.79 Å². The smallest absolute Gasteiger partial charge is 0.344 e. The standard InChI is InChI=1S/C19H17BrClNO4/c1-12-8-13-4-2-3-5-16(13)22(12)18(23)10-26-19(24)11-25-17-7-6-14(21)9-15(17)20/h2-7,9,12H,8,10-11H2,1H3. The maximum absolute atomic E-state index is 12.5. The van der Waals surface area contributed by atoms with Crippen LogP contribution in [0.4, 0.5) is 5.69 Å². The Morgan fingerprint density at radius 3 is 2.77 bits per heavy atom. The van der Waals surface area contributed by atoms with Crippen LogP contribution in [-0.4, -0.2) is 31.1 Å². The molecule has 0 saturated carbocycles. The zero-order valence-corrected chi connectivity index (χ0v) is 16.4. The van der Waals surface area contributed by atoms with Crippen LogP contribution in [0.5, 0.6) is 5.75 Å². The van der Waals surface area contributed by atoms with Crippen LogP contribution in [0.3, 0.4) is 0 Å². The molecule has 0 fully saturated rings. The fraction of sp³-hybridized carbons (Fsp3) is 0.263. The molecule has 1 aliphatic heterocycles. The molecule has 1 heterocycles. The summed E-state index contributed by atoms with van der Waals surface area (Å²) in [6, 6.07) is 12.8. The third-order valence-corrected chi connectivity index (χ3v) is 4.93. The van der Waals surface area contributed by atoms with Gasteiger partial charge < -0.3 is 14.4 Å². The lowest BCUT2D eigenvalue weighted by Crippen LogP contribution is -2.39. The number of hydrogen-bond donors (Lipinski definition) is 0. The van der Waals surface area contributed by atoms with Crippen LogP contribution in [0.2, 0.25) is 5.02 Å². The number of hydrogen-bond acceptors (Lipinski definition) is 4. The van der Waals surface area contributed by atoms with Gasteiger partial charge in [-0.05, 0) is 59.1 Å². The molecular weight excluding hydrogens is 422 g/mol. The van der Waals surface area contributed by atoms with Crippen molar-refractivity contribution < 1.29 is 19.1 Å². The summed E-state index contributed by atoms with van der Waals surface area (Å²) in [7, 11) is 0. The molecule has 1 unspecified atom stereocenters. The number of para-hydroxylation sites is 1. The molecule has 3 rings (SSSR count). The molecule has 136 valence electrons. The highest BCUT2D eigenvalue weighted by Gasteiger charge is 2.30. The number of carbonyl (C=O) groups excluding carboxylic acids is 2. The predicted octanol–water partition coefficient (Wildman–Crippen LogP) is 4.00. The topological polar surface area (TPSA) is 55.8 Å². The highest BCUT2D eigenvalue weighted by Crippen LogP contribution is 2.32. The fourth-order valence-electron chi connectivity index (χ4n) is 2.93. The molecule has 0 saturated heterocycles. The minimum absolute atomic E-state index is 0.0416. The second-order valence-corrected chi connectivity index (χ2v) is 7.26. The average Bonchev–Trinajstić information content (AvgIpc) is 2.94. The normalized spacial score (nSPS) is 15.5. The van der Waals surface area contributed by atoms with Gasteiger partial charge in [0, 0.05) is 16.8 Å². The van der Waals surface area contributed by atoms with E-state index in [-0.39, 0.29) is 25.2 Å². The van der Waals surface area contributed by atoms with Crippen LogP contribution in [0.15, 0.2) is 46.9 Å². The van der Waals surface area contributed by atoms with Gasteiger partial charge in [0.05, 0.1) is 4.47 Å². The average molecular weight is 439 g/mol. The van der Waals surface area contributed by atoms with E-state index in [9.17, 15) is 9.59 Å². The summed E-state index contributed by atoms with van der Waals surface area (Å²) in [6.45, 7) is 1.36. The van der Waals surface area contributed by atoms with E-state index >= 15 is 0 Å². The Hall–Kier alpha value is -2.05. The Balaban J connectivity index is 1.52. The lowest BCUT2D eigenvalue weighted by Gasteiger charge is -2.22. The van der Waals surface area contributed by atoms with Crippen molar-refractivity contribution in [1.29, 1.82) is 0 Å². The summed E-state index contributed by atoms with van der Waals surface area (Å²) in [4.78, 5) is 26.0. The first kappa shape index (κ1) is 18.7. The summed E-state index contributed by atoms with van der Waals surface area (Å²) in [5.74, 6) is -0.386. The fourth-order valence-corrected chi connectivity index (χ4v) is 3.73. The number of halogens is 2. The van der Waals surface area contributed by atoms with E-state index in [1.54, 1.807) is 23.1 Å². The van der Waals surface area contributed by atoms with Crippen molar-refractivity contribution >= 4 is 45.1 Å². The maximum Gasteiger partial charge on any atom is 0.344 e. The first-order chi connectivity index (χ1) is 12.5. The van der Waals surface area contributed by atoms with Crippen molar-refractivity contribution in [3.05, 3.63) is 57.5 Å². The number of ether oxygens (including phenoxy) is 2. The van der Waals surface area contributed by atoms with Crippen molar-refractivity contribution in [3.63, 3.8) is 0 Å². The molecule has 0 bridgehead atoms. The minimum Gasteiger partial charge on any atom is -0.481 e. The highest BCUT2D eigenvalue weighted by atomic mass is 79.9. The maximum atomic E-state index is 12.5. The second-order valence-electron chi connectivity index (χ2n) is 5.97. The van der Waals surface area contributed by atoms with Crippen LogP contribution < -0.4 is 9.64 Å². The number of fused-ring (bicyclic) bond motifs is 1. The van der Waals surface area contributed by atoms with Crippen LogP contribution in [0.1, 0.15) is 12.5 Å². The molecule has 0 N–H and O–H groups in total. The Labute approximate surface area is 165 Å². The highest BCUT2D eigenvalue weighted by molar-refractivity contribution is 9.10. The molecule has 1 atom stereocenters. The SMILES string of the molecule is CC1Cc2ccccc2N1C(=O)COC(=O)COc1ccc(Cl)cc1Br. The van der Waals surface area contributed by atoms with Gasteiger partial charge in [0.15, 0.2) is 13.2 Å².